The summed E-state index contributed by atoms with van der Waals surface area (Å²) in [5.41, 5.74) is 1.86. The molecule has 3 amide bonds. The van der Waals surface area contributed by atoms with Crippen LogP contribution in [-0.2, 0) is 13.9 Å². The van der Waals surface area contributed by atoms with Crippen molar-refractivity contribution in [1.82, 2.24) is 15.2 Å². The number of nitrogens with one attached hydrogen (secondary N) is 2. The van der Waals surface area contributed by atoms with Crippen LogP contribution in [0, 0.1) is 18.6 Å². The van der Waals surface area contributed by atoms with Gasteiger partial charge in [0.15, 0.2) is 11.6 Å². The predicted molar refractivity (Wildman–Crippen MR) is 118 cm³/mol. The third kappa shape index (κ3) is 4.61. The average molecular weight is 512 g/mol. The van der Waals surface area contributed by atoms with E-state index in [1.54, 1.807) is 18.3 Å². The SMILES string of the molecule is Cc1c(Cl)ccc2c(/C=C3\NC(=O)N(C(COP(=O)(O)O)c4ccc(F)c(F)c4)C3=O)c[nH]c12. The molecule has 2 heterocycles. The first-order valence-corrected chi connectivity index (χ1v) is 11.6. The Morgan fingerprint density at radius 2 is 1.94 bits per heavy atom. The first kappa shape index (κ1) is 24.1. The van der Waals surface area contributed by atoms with Gasteiger partial charge in [0.25, 0.3) is 5.91 Å². The highest BCUT2D eigenvalue weighted by molar-refractivity contribution is 7.46. The minimum Gasteiger partial charge on any atom is -0.360 e. The minimum atomic E-state index is -5.01. The van der Waals surface area contributed by atoms with Crippen molar-refractivity contribution in [3.05, 3.63) is 75.6 Å². The number of aromatic amines is 1. The summed E-state index contributed by atoms with van der Waals surface area (Å²) in [6.07, 6.45) is 3.03. The van der Waals surface area contributed by atoms with E-state index in [0.29, 0.717) is 15.5 Å². The number of carbonyl (C=O) groups excluding carboxylic acids is 2. The third-order valence-corrected chi connectivity index (χ3v) is 6.23. The molecule has 3 aromatic rings. The Hall–Kier alpha value is -3.08. The summed E-state index contributed by atoms with van der Waals surface area (Å²) in [6, 6.07) is 3.62. The van der Waals surface area contributed by atoms with Crippen molar-refractivity contribution in [2.45, 2.75) is 13.0 Å². The van der Waals surface area contributed by atoms with Crippen LogP contribution in [0.25, 0.3) is 17.0 Å². The molecule has 1 saturated heterocycles. The lowest BCUT2D eigenvalue weighted by molar-refractivity contribution is -0.125. The first-order valence-electron chi connectivity index (χ1n) is 9.73. The number of imide groups is 1. The highest BCUT2D eigenvalue weighted by Gasteiger charge is 2.40. The van der Waals surface area contributed by atoms with Crippen molar-refractivity contribution in [3.63, 3.8) is 0 Å². The Kier molecular flexibility index (Phi) is 6.32. The van der Waals surface area contributed by atoms with E-state index < -0.39 is 44.0 Å². The normalized spacial score (nSPS) is 16.5. The molecule has 9 nitrogen and oxygen atoms in total. The number of phosphoric acid groups is 1. The molecule has 0 aliphatic carbocycles. The monoisotopic (exact) mass is 511 g/mol. The number of hydrogen-bond donors (Lipinski definition) is 4. The van der Waals surface area contributed by atoms with Gasteiger partial charge in [-0.05, 0) is 42.3 Å². The molecule has 1 atom stereocenters. The lowest BCUT2D eigenvalue weighted by atomic mass is 10.1. The van der Waals surface area contributed by atoms with Gasteiger partial charge in [0, 0.05) is 22.2 Å². The molecule has 1 aromatic heterocycles. The number of urea groups is 1. The number of aromatic nitrogens is 1. The maximum atomic E-state index is 13.8. The van der Waals surface area contributed by atoms with Gasteiger partial charge >= 0.3 is 13.9 Å². The molecule has 178 valence electrons. The van der Waals surface area contributed by atoms with Crippen LogP contribution in [0.5, 0.6) is 0 Å². The van der Waals surface area contributed by atoms with E-state index >= 15 is 0 Å². The van der Waals surface area contributed by atoms with Crippen molar-refractivity contribution in [2.24, 2.45) is 0 Å². The fourth-order valence-electron chi connectivity index (χ4n) is 3.65. The number of benzene rings is 2. The molecule has 0 radical (unpaired) electrons. The summed E-state index contributed by atoms with van der Waals surface area (Å²) in [6.45, 7) is 0.961. The smallest absolute Gasteiger partial charge is 0.360 e. The van der Waals surface area contributed by atoms with Crippen LogP contribution in [-0.4, -0.2) is 38.2 Å². The number of carbonyl (C=O) groups is 2. The van der Waals surface area contributed by atoms with Crippen molar-refractivity contribution < 1.29 is 37.2 Å². The van der Waals surface area contributed by atoms with Gasteiger partial charge in [0.05, 0.1) is 18.2 Å². The van der Waals surface area contributed by atoms with Crippen molar-refractivity contribution >= 4 is 48.3 Å². The van der Waals surface area contributed by atoms with Crippen LogP contribution in [0.15, 0.2) is 42.2 Å². The minimum absolute atomic E-state index is 0.102. The summed E-state index contributed by atoms with van der Waals surface area (Å²) in [5.74, 6) is -3.30. The summed E-state index contributed by atoms with van der Waals surface area (Å²) < 4.78 is 43.0. The Morgan fingerprint density at radius 3 is 2.62 bits per heavy atom. The number of phosphoric ester groups is 1. The highest BCUT2D eigenvalue weighted by atomic mass is 35.5. The summed E-state index contributed by atoms with van der Waals surface area (Å²) in [7, 11) is -5.01. The molecule has 4 rings (SSSR count). The van der Waals surface area contributed by atoms with E-state index in [9.17, 15) is 22.9 Å². The predicted octanol–water partition coefficient (Wildman–Crippen LogP) is 4.15. The van der Waals surface area contributed by atoms with E-state index in [1.165, 1.54) is 6.08 Å². The number of halogens is 3. The average Bonchev–Trinajstić information content (AvgIpc) is 3.29. The van der Waals surface area contributed by atoms with E-state index in [4.69, 9.17) is 21.4 Å². The lowest BCUT2D eigenvalue weighted by Crippen LogP contribution is -2.37. The van der Waals surface area contributed by atoms with Crippen LogP contribution in [0.2, 0.25) is 5.02 Å². The standard InChI is InChI=1S/C21H17ClF2N3O6P/c1-10-14(22)4-3-13-12(8-25-19(10)13)7-17-20(28)27(21(29)26-17)18(9-33-34(30,31)32)11-2-5-15(23)16(24)6-11/h2-8,18,25H,9H2,1H3,(H,26,29)(H2,30,31,32)/b17-7-. The molecular weight excluding hydrogens is 495 g/mol. The Bertz CT molecular complexity index is 1400. The summed E-state index contributed by atoms with van der Waals surface area (Å²) in [5, 5.41) is 3.68. The van der Waals surface area contributed by atoms with Crippen molar-refractivity contribution in [2.75, 3.05) is 6.61 Å². The van der Waals surface area contributed by atoms with Crippen molar-refractivity contribution in [3.8, 4) is 0 Å². The molecular formula is C21H17ClF2N3O6P. The molecule has 0 bridgehead atoms. The number of fused-ring (bicyclic) bond motifs is 1. The Morgan fingerprint density at radius 1 is 1.21 bits per heavy atom. The lowest BCUT2D eigenvalue weighted by Gasteiger charge is -2.25. The second kappa shape index (κ2) is 8.94. The molecule has 2 aromatic carbocycles. The van der Waals surface area contributed by atoms with E-state index in [1.807, 2.05) is 6.92 Å². The maximum Gasteiger partial charge on any atom is 0.469 e. The van der Waals surface area contributed by atoms with Gasteiger partial charge in [-0.3, -0.25) is 9.32 Å². The fraction of sp³-hybridized carbons (Fsp3) is 0.143. The molecule has 0 saturated carbocycles. The largest absolute Gasteiger partial charge is 0.469 e. The maximum absolute atomic E-state index is 13.8. The fourth-order valence-corrected chi connectivity index (χ4v) is 4.15. The molecule has 34 heavy (non-hydrogen) atoms. The number of amides is 3. The number of rotatable bonds is 6. The Labute approximate surface area is 196 Å². The van der Waals surface area contributed by atoms with E-state index in [0.717, 1.165) is 34.7 Å². The zero-order valence-corrected chi connectivity index (χ0v) is 19.0. The number of hydrogen-bond acceptors (Lipinski definition) is 4. The highest BCUT2D eigenvalue weighted by Crippen LogP contribution is 2.39. The molecule has 4 N–H and O–H groups in total. The second-order valence-electron chi connectivity index (χ2n) is 7.48. The molecule has 0 spiro atoms. The van der Waals surface area contributed by atoms with Crippen molar-refractivity contribution in [1.29, 1.82) is 0 Å². The van der Waals surface area contributed by atoms with Gasteiger partial charge < -0.3 is 20.1 Å². The number of aryl methyl sites for hydroxylation is 1. The summed E-state index contributed by atoms with van der Waals surface area (Å²) >= 11 is 6.13. The molecule has 1 fully saturated rings. The van der Waals surface area contributed by atoms with E-state index in [2.05, 4.69) is 14.8 Å². The van der Waals surface area contributed by atoms with Gasteiger partial charge in [-0.15, -0.1) is 0 Å². The van der Waals surface area contributed by atoms with Crippen LogP contribution in [0.4, 0.5) is 13.6 Å². The quantitative estimate of drug-likeness (QED) is 0.223. The number of H-pyrrole nitrogens is 1. The number of nitrogens with zero attached hydrogens (tertiary/aromatic N) is 1. The zero-order valence-electron chi connectivity index (χ0n) is 17.4. The molecule has 13 heteroatoms. The van der Waals surface area contributed by atoms with Crippen LogP contribution in [0.1, 0.15) is 22.7 Å². The van der Waals surface area contributed by atoms with E-state index in [-0.39, 0.29) is 11.3 Å². The summed E-state index contributed by atoms with van der Waals surface area (Å²) in [4.78, 5) is 47.6. The van der Waals surface area contributed by atoms with Crippen LogP contribution in [0.3, 0.4) is 0 Å². The van der Waals surface area contributed by atoms with Gasteiger partial charge in [-0.1, -0.05) is 23.7 Å². The van der Waals surface area contributed by atoms with Crippen LogP contribution < -0.4 is 5.32 Å². The second-order valence-corrected chi connectivity index (χ2v) is 9.12. The Balaban J connectivity index is 1.72. The molecule has 1 aliphatic heterocycles. The van der Waals surface area contributed by atoms with Crippen LogP contribution >= 0.6 is 19.4 Å². The molecule has 1 aliphatic rings. The molecule has 1 unspecified atom stereocenters. The third-order valence-electron chi connectivity index (χ3n) is 5.33. The van der Waals surface area contributed by atoms with Gasteiger partial charge in [-0.2, -0.15) is 0 Å². The zero-order chi connectivity index (χ0) is 24.8. The van der Waals surface area contributed by atoms with Gasteiger partial charge in [0.2, 0.25) is 0 Å². The van der Waals surface area contributed by atoms with Gasteiger partial charge in [-0.25, -0.2) is 23.0 Å². The van der Waals surface area contributed by atoms with Gasteiger partial charge in [0.1, 0.15) is 5.70 Å². The topological polar surface area (TPSA) is 132 Å². The first-order chi connectivity index (χ1) is 16.0.